The van der Waals surface area contributed by atoms with Crippen LogP contribution in [0, 0.1) is 34.6 Å². The van der Waals surface area contributed by atoms with E-state index in [-0.39, 0.29) is 138 Å². The van der Waals surface area contributed by atoms with Crippen molar-refractivity contribution in [2.24, 2.45) is 0 Å². The molecule has 12 heterocycles. The normalized spacial score (nSPS) is 16.7. The van der Waals surface area contributed by atoms with Gasteiger partial charge in [-0.15, -0.1) is 37.2 Å². The Kier molecular flexibility index (Phi) is 29.7. The number of nitrogens with one attached hydrogen (secondary N) is 7. The minimum atomic E-state index is -0.983. The van der Waals surface area contributed by atoms with Gasteiger partial charge in [0.1, 0.15) is 131 Å². The van der Waals surface area contributed by atoms with Crippen molar-refractivity contribution >= 4 is 189 Å². The number of hydrogen-bond acceptors (Lipinski definition) is 26. The molecule has 6 amide bonds. The maximum atomic E-state index is 13.3. The highest BCUT2D eigenvalue weighted by molar-refractivity contribution is 6.43. The number of amides is 6. The fourth-order valence-corrected chi connectivity index (χ4v) is 17.2. The molecule has 4 saturated carbocycles. The highest BCUT2D eigenvalue weighted by Crippen LogP contribution is 2.43. The zero-order valence-corrected chi connectivity index (χ0v) is 75.0. The summed E-state index contributed by atoms with van der Waals surface area (Å²) in [7, 11) is 0. The van der Waals surface area contributed by atoms with Gasteiger partial charge in [-0.25, -0.2) is 49.5 Å². The number of nitrogen functional groups attached to an aromatic ring is 3. The Labute approximate surface area is 744 Å². The summed E-state index contributed by atoms with van der Waals surface area (Å²) in [5, 5.41) is 21.5. The highest BCUT2D eigenvalue weighted by atomic mass is 35.5. The average Bonchev–Trinajstić information content (AvgIpc) is 1.59. The van der Waals surface area contributed by atoms with E-state index in [1.807, 2.05) is 27.7 Å². The van der Waals surface area contributed by atoms with Crippen LogP contribution in [-0.4, -0.2) is 105 Å². The summed E-state index contributed by atoms with van der Waals surface area (Å²) in [4.78, 5) is 158. The van der Waals surface area contributed by atoms with E-state index in [9.17, 15) is 47.9 Å². The van der Waals surface area contributed by atoms with Crippen LogP contribution in [0.25, 0.3) is 0 Å². The van der Waals surface area contributed by atoms with Crippen LogP contribution in [0.15, 0.2) is 68.8 Å². The largest absolute Gasteiger partial charge is 0.443 e. The quantitative estimate of drug-likeness (QED) is 0.0663. The maximum Gasteiger partial charge on any atom is 0.425 e. The Morgan fingerprint density at radius 2 is 0.672 bits per heavy atom. The van der Waals surface area contributed by atoms with Crippen molar-refractivity contribution in [2.45, 2.75) is 238 Å². The molecule has 4 aliphatic carbocycles. The molecule has 35 nitrogen and oxygen atoms in total. The van der Waals surface area contributed by atoms with E-state index in [0.717, 1.165) is 146 Å². The Balaban J connectivity index is 0.000000173. The lowest BCUT2D eigenvalue weighted by molar-refractivity contribution is 0.0427. The van der Waals surface area contributed by atoms with Gasteiger partial charge >= 0.3 is 12.2 Å². The number of rotatable bonds is 7. The molecule has 0 atom stereocenters. The molecule has 16 rings (SSSR count). The minimum absolute atomic E-state index is 0. The first-order valence-corrected chi connectivity index (χ1v) is 40.9. The van der Waals surface area contributed by atoms with Crippen molar-refractivity contribution < 1.29 is 38.2 Å². The molecular weight excluding hydrogens is 1750 g/mol. The summed E-state index contributed by atoms with van der Waals surface area (Å²) in [6.45, 7) is 19.0. The summed E-state index contributed by atoms with van der Waals surface area (Å²) in [5.41, 5.74) is 18.6. The predicted molar refractivity (Wildman–Crippen MR) is 474 cm³/mol. The summed E-state index contributed by atoms with van der Waals surface area (Å²) >= 11 is 30.3. The number of carbonyl (C=O) groups excluding carboxylic acids is 6. The first kappa shape index (κ1) is 95.7. The number of imide groups is 1. The van der Waals surface area contributed by atoms with Crippen molar-refractivity contribution in [3.63, 3.8) is 0 Å². The third-order valence-electron chi connectivity index (χ3n) is 21.7. The molecule has 656 valence electrons. The second kappa shape index (κ2) is 37.9. The molecule has 4 spiro atoms. The number of nitrogens with zero attached hydrogens (tertiary/aromatic N) is 13. The average molecular weight is 1840 g/mol. The van der Waals surface area contributed by atoms with E-state index in [1.54, 1.807) is 91.0 Å². The van der Waals surface area contributed by atoms with E-state index in [4.69, 9.17) is 84.7 Å². The molecule has 0 radical (unpaired) electrons. The van der Waals surface area contributed by atoms with E-state index in [0.29, 0.717) is 72.4 Å². The van der Waals surface area contributed by atoms with Gasteiger partial charge in [-0.05, 0) is 225 Å². The van der Waals surface area contributed by atoms with Crippen LogP contribution in [0.1, 0.15) is 240 Å². The smallest absolute Gasteiger partial charge is 0.425 e. The summed E-state index contributed by atoms with van der Waals surface area (Å²) in [6.07, 6.45) is 21.6. The fraction of sp³-hybridized carbons (Fsp3) is 0.468. The van der Waals surface area contributed by atoms with Crippen LogP contribution in [0.4, 0.5) is 67.2 Å². The molecular formula is C79H97Cl8N23O12. The minimum Gasteiger partial charge on any atom is -0.443 e. The highest BCUT2D eigenvalue weighted by Gasteiger charge is 2.50. The number of halogens is 8. The first-order chi connectivity index (χ1) is 56.1. The van der Waals surface area contributed by atoms with Crippen molar-refractivity contribution in [3.05, 3.63) is 167 Å². The topological polar surface area (TPSA) is 478 Å². The maximum absolute atomic E-state index is 13.3. The molecule has 0 saturated heterocycles. The van der Waals surface area contributed by atoms with Crippen molar-refractivity contribution in [2.75, 3.05) is 38.1 Å². The SMILES string of the molecule is CC(C)(C)OC(=O)N(C(=O)OC(C)(C)C)c1ncnc(Cl)c1Cl.Cc1cc(N)c(=O)n2c1C(=O)NC21CCCCC1.Cc1cc(Nc2ncnc(C)c2Cl)c(=O)n2c1C(=O)NC21CCCCC1.Cc1cc(Nc2ncnc(N)c2Cl)c(=O)n2c1C(=O)NC21CCCCC1.Cc1cc(Nc2ncnc(N)c2Cl)c(=O)n2c1C(=O)NC21CCCCC1.Cl.Cl.Cl. The van der Waals surface area contributed by atoms with Crippen LogP contribution < -0.4 is 81.6 Å². The Bertz CT molecular complexity index is 5270. The van der Waals surface area contributed by atoms with Gasteiger partial charge < -0.3 is 63.9 Å². The van der Waals surface area contributed by atoms with Gasteiger partial charge in [-0.1, -0.05) is 83.7 Å². The summed E-state index contributed by atoms with van der Waals surface area (Å²) in [6, 6.07) is 6.56. The standard InChI is InChI=1S/C18H20ClN5O2.2C17H19ClN6O2.C14H19Cl2N3O4.C13H17N3O2.3ClH/c1-10-8-12(22-15-13(19)11(2)20-9-21-15)17(26)24-14(10)16(25)23-18(24)6-4-3-5-7-18;2*1-9-7-10(22-14-11(18)13(19)20-8-21-14)16(26)24-12(9)15(25)23-17(24)5-3-2-4-6-17;1-13(2,3)22-11(20)19(12(21)23-14(4,5)6)10-8(15)9(16)17-7-18-10;1-8-7-9(14)12(18)16-10(8)11(17)15-13(16)5-3-2-4-6-13;;;/h8-9H,3-7H2,1-2H3,(H,23,25)(H,20,21,22);2*7-8H,2-6H2,1H3,(H,23,25)(H3,19,20,21,22);7H,1-6H3;7H,2-6,14H2,1H3,(H,15,17);3*1H. The van der Waals surface area contributed by atoms with Gasteiger partial charge in [0.2, 0.25) is 0 Å². The zero-order chi connectivity index (χ0) is 86.3. The number of carbonyl (C=O) groups is 6. The molecule has 0 aromatic carbocycles. The predicted octanol–water partition coefficient (Wildman–Crippen LogP) is 14.4. The number of pyridine rings is 4. The molecule has 43 heteroatoms. The summed E-state index contributed by atoms with van der Waals surface area (Å²) in [5.74, 6) is 0.217. The molecule has 4 fully saturated rings. The fourth-order valence-electron chi connectivity index (χ4n) is 16.5. The number of anilines is 10. The van der Waals surface area contributed by atoms with Gasteiger partial charge in [0.25, 0.3) is 45.9 Å². The molecule has 8 aliphatic rings. The van der Waals surface area contributed by atoms with Gasteiger partial charge in [0.05, 0.1) is 11.4 Å². The monoisotopic (exact) mass is 1840 g/mol. The van der Waals surface area contributed by atoms with Crippen LogP contribution >= 0.6 is 95.2 Å². The van der Waals surface area contributed by atoms with Crippen LogP contribution in [-0.2, 0) is 32.1 Å². The lowest BCUT2D eigenvalue weighted by Crippen LogP contribution is -2.48. The van der Waals surface area contributed by atoms with Crippen molar-refractivity contribution in [3.8, 4) is 0 Å². The third kappa shape index (κ3) is 19.3. The second-order valence-corrected chi connectivity index (χ2v) is 34.5. The van der Waals surface area contributed by atoms with Crippen LogP contribution in [0.2, 0.25) is 25.2 Å². The zero-order valence-electron chi connectivity index (χ0n) is 68.8. The molecule has 13 N–H and O–H groups in total. The lowest BCUT2D eigenvalue weighted by Gasteiger charge is -2.35. The molecule has 0 unspecified atom stereocenters. The number of aryl methyl sites for hydroxylation is 5. The second-order valence-electron chi connectivity index (χ2n) is 32.6. The molecule has 122 heavy (non-hydrogen) atoms. The molecule has 4 aliphatic heterocycles. The Morgan fingerprint density at radius 1 is 0.393 bits per heavy atom. The van der Waals surface area contributed by atoms with Crippen LogP contribution in [0.5, 0.6) is 0 Å². The van der Waals surface area contributed by atoms with Gasteiger partial charge in [-0.2, -0.15) is 4.90 Å². The molecule has 8 aromatic heterocycles. The van der Waals surface area contributed by atoms with E-state index < -0.39 is 46.0 Å². The molecule has 8 aromatic rings. The number of ether oxygens (including phenoxy) is 2. The van der Waals surface area contributed by atoms with Crippen LogP contribution in [0.3, 0.4) is 0 Å². The van der Waals surface area contributed by atoms with Gasteiger partial charge in [0, 0.05) is 0 Å². The van der Waals surface area contributed by atoms with Crippen molar-refractivity contribution in [1.82, 2.24) is 79.4 Å². The van der Waals surface area contributed by atoms with E-state index in [1.165, 1.54) is 19.0 Å². The van der Waals surface area contributed by atoms with Gasteiger partial charge in [-0.3, -0.25) is 56.6 Å². The summed E-state index contributed by atoms with van der Waals surface area (Å²) < 4.78 is 16.9. The number of fused-ring (bicyclic) bond motifs is 8. The third-order valence-corrected chi connectivity index (χ3v) is 23.7. The number of aromatic nitrogens is 12. The first-order valence-electron chi connectivity index (χ1n) is 39.0. The number of nitrogens with two attached hydrogens (primary N) is 3. The number of hydrogen-bond donors (Lipinski definition) is 10. The van der Waals surface area contributed by atoms with E-state index >= 15 is 0 Å². The Hall–Kier alpha value is -10.1. The van der Waals surface area contributed by atoms with Crippen molar-refractivity contribution in [1.29, 1.82) is 0 Å². The van der Waals surface area contributed by atoms with Gasteiger partial charge in [0.15, 0.2) is 28.4 Å². The molecule has 0 bridgehead atoms. The lowest BCUT2D eigenvalue weighted by atomic mass is 9.89. The van der Waals surface area contributed by atoms with E-state index in [2.05, 4.69) is 77.1 Å². The Morgan fingerprint density at radius 3 is 0.984 bits per heavy atom.